The number of nitrogens with zero attached hydrogens (tertiary/aromatic N) is 2. The third kappa shape index (κ3) is 2.86. The van der Waals surface area contributed by atoms with Crippen molar-refractivity contribution in [3.63, 3.8) is 0 Å². The molecule has 0 unspecified atom stereocenters. The van der Waals surface area contributed by atoms with Gasteiger partial charge in [0.05, 0.1) is 5.39 Å². The summed E-state index contributed by atoms with van der Waals surface area (Å²) in [7, 11) is 2.04. The number of anilines is 1. The molecule has 128 valence electrons. The fourth-order valence-electron chi connectivity index (χ4n) is 3.40. The predicted molar refractivity (Wildman–Crippen MR) is 104 cm³/mol. The number of carboxylic acid groups (broad SMARTS) is 1. The Hall–Kier alpha value is -3.40. The van der Waals surface area contributed by atoms with Crippen molar-refractivity contribution in [2.24, 2.45) is 7.05 Å². The second-order valence-electron chi connectivity index (χ2n) is 6.35. The normalized spacial score (nSPS) is 14.7. The van der Waals surface area contributed by atoms with Gasteiger partial charge in [-0.25, -0.2) is 4.57 Å². The van der Waals surface area contributed by atoms with E-state index in [4.69, 9.17) is 5.11 Å². The van der Waals surface area contributed by atoms with E-state index in [0.717, 1.165) is 22.4 Å². The molecule has 0 aliphatic carbocycles. The smallest absolute Gasteiger partial charge is 0.323 e. The van der Waals surface area contributed by atoms with E-state index in [1.165, 1.54) is 10.9 Å². The molecule has 1 N–H and O–H groups in total. The number of aryl methyl sites for hydroxylation is 1. The summed E-state index contributed by atoms with van der Waals surface area (Å²) in [4.78, 5) is 12.9. The van der Waals surface area contributed by atoms with E-state index in [0.29, 0.717) is 0 Å². The summed E-state index contributed by atoms with van der Waals surface area (Å²) in [5.41, 5.74) is 5.33. The standard InChI is InChI=1S/C22H18N2O2/c1-23-12-10-16(18-6-2-4-8-20(18)23)14-17-11-13-24(15-22(25)26)21-9-5-3-7-19(17)21/h2-14H,15H2,1H3/p+1. The van der Waals surface area contributed by atoms with E-state index >= 15 is 0 Å². The van der Waals surface area contributed by atoms with Gasteiger partial charge in [0.25, 0.3) is 0 Å². The third-order valence-corrected chi connectivity index (χ3v) is 4.65. The Kier molecular flexibility index (Phi) is 4.01. The van der Waals surface area contributed by atoms with Crippen molar-refractivity contribution in [3.05, 3.63) is 84.2 Å². The average Bonchev–Trinajstić information content (AvgIpc) is 2.66. The molecule has 2 heterocycles. The highest BCUT2D eigenvalue weighted by Crippen LogP contribution is 2.34. The van der Waals surface area contributed by atoms with Crippen molar-refractivity contribution < 1.29 is 14.5 Å². The molecule has 1 aromatic heterocycles. The topological polar surface area (TPSA) is 44.4 Å². The third-order valence-electron chi connectivity index (χ3n) is 4.65. The van der Waals surface area contributed by atoms with Gasteiger partial charge in [-0.3, -0.25) is 4.79 Å². The number of aromatic nitrogens is 1. The van der Waals surface area contributed by atoms with Gasteiger partial charge in [-0.1, -0.05) is 30.3 Å². The number of fused-ring (bicyclic) bond motifs is 2. The van der Waals surface area contributed by atoms with E-state index in [2.05, 4.69) is 35.0 Å². The molecule has 0 amide bonds. The first-order chi connectivity index (χ1) is 12.6. The fraction of sp³-hybridized carbons (Fsp3) is 0.0909. The predicted octanol–water partition coefficient (Wildman–Crippen LogP) is 3.62. The highest BCUT2D eigenvalue weighted by molar-refractivity contribution is 5.99. The Bertz CT molecular complexity index is 1070. The Balaban J connectivity index is 1.85. The van der Waals surface area contributed by atoms with E-state index in [-0.39, 0.29) is 6.54 Å². The summed E-state index contributed by atoms with van der Waals surface area (Å²) in [5, 5.41) is 10.3. The van der Waals surface area contributed by atoms with Crippen molar-refractivity contribution in [2.45, 2.75) is 0 Å². The molecule has 0 saturated heterocycles. The zero-order valence-electron chi connectivity index (χ0n) is 14.5. The van der Waals surface area contributed by atoms with Gasteiger partial charge in [-0.05, 0) is 35.4 Å². The van der Waals surface area contributed by atoms with Crippen molar-refractivity contribution in [3.8, 4) is 0 Å². The first-order valence-electron chi connectivity index (χ1n) is 8.48. The molecular formula is C22H19N2O2+. The molecule has 4 nitrogen and oxygen atoms in total. The monoisotopic (exact) mass is 343 g/mol. The minimum atomic E-state index is -0.849. The first kappa shape index (κ1) is 16.1. The maximum Gasteiger partial charge on any atom is 0.323 e. The highest BCUT2D eigenvalue weighted by atomic mass is 16.4. The number of carboxylic acids is 1. The lowest BCUT2D eigenvalue weighted by atomic mass is 9.96. The molecule has 26 heavy (non-hydrogen) atoms. The second-order valence-corrected chi connectivity index (χ2v) is 6.35. The van der Waals surface area contributed by atoms with Gasteiger partial charge in [0.2, 0.25) is 5.52 Å². The summed E-state index contributed by atoms with van der Waals surface area (Å²) < 4.78 is 2.11. The summed E-state index contributed by atoms with van der Waals surface area (Å²) in [6, 6.07) is 18.3. The Labute approximate surface area is 151 Å². The fourth-order valence-corrected chi connectivity index (χ4v) is 3.40. The lowest BCUT2D eigenvalue weighted by Crippen LogP contribution is -2.28. The van der Waals surface area contributed by atoms with Gasteiger partial charge < -0.3 is 10.0 Å². The van der Waals surface area contributed by atoms with Crippen molar-refractivity contribution >= 4 is 34.2 Å². The van der Waals surface area contributed by atoms with Crippen molar-refractivity contribution in [1.82, 2.24) is 0 Å². The number of carbonyl (C=O) groups is 1. The number of rotatable bonds is 3. The molecule has 1 aliphatic rings. The number of pyridine rings is 1. The quantitative estimate of drug-likeness (QED) is 0.739. The molecule has 0 radical (unpaired) electrons. The van der Waals surface area contributed by atoms with Crippen LogP contribution < -0.4 is 9.47 Å². The number of benzene rings is 2. The van der Waals surface area contributed by atoms with Crippen LogP contribution >= 0.6 is 0 Å². The van der Waals surface area contributed by atoms with Crippen LogP contribution in [0, 0.1) is 0 Å². The zero-order valence-corrected chi connectivity index (χ0v) is 14.5. The minimum Gasteiger partial charge on any atom is -0.480 e. The second kappa shape index (κ2) is 6.48. The first-order valence-corrected chi connectivity index (χ1v) is 8.48. The van der Waals surface area contributed by atoms with Crippen LogP contribution in [0.25, 0.3) is 22.6 Å². The molecule has 1 aliphatic heterocycles. The molecule has 0 spiro atoms. The van der Waals surface area contributed by atoms with Crippen LogP contribution in [0.1, 0.15) is 11.1 Å². The van der Waals surface area contributed by atoms with Crippen LogP contribution in [0.5, 0.6) is 0 Å². The maximum atomic E-state index is 11.1. The molecule has 0 atom stereocenters. The van der Waals surface area contributed by atoms with E-state index in [1.807, 2.05) is 55.7 Å². The molecule has 4 heteroatoms. The summed E-state index contributed by atoms with van der Waals surface area (Å²) in [5.74, 6) is -0.849. The summed E-state index contributed by atoms with van der Waals surface area (Å²) >= 11 is 0. The summed E-state index contributed by atoms with van der Waals surface area (Å²) in [6.45, 7) is -0.0507. The van der Waals surface area contributed by atoms with Gasteiger partial charge in [-0.15, -0.1) is 0 Å². The lowest BCUT2D eigenvalue weighted by molar-refractivity contribution is -0.644. The number of hydrogen-bond acceptors (Lipinski definition) is 2. The molecule has 0 bridgehead atoms. The molecule has 3 aromatic rings. The van der Waals surface area contributed by atoms with Crippen LogP contribution in [0.15, 0.2) is 73.1 Å². The molecule has 2 aromatic carbocycles. The molecular weight excluding hydrogens is 324 g/mol. The Morgan fingerprint density at radius 1 is 1.12 bits per heavy atom. The van der Waals surface area contributed by atoms with Crippen molar-refractivity contribution in [1.29, 1.82) is 0 Å². The van der Waals surface area contributed by atoms with Crippen LogP contribution in [0.3, 0.4) is 0 Å². The largest absolute Gasteiger partial charge is 0.480 e. The molecule has 0 fully saturated rings. The van der Waals surface area contributed by atoms with Crippen molar-refractivity contribution in [2.75, 3.05) is 11.4 Å². The van der Waals surface area contributed by atoms with Crippen LogP contribution in [-0.4, -0.2) is 17.6 Å². The van der Waals surface area contributed by atoms with Crippen LogP contribution in [-0.2, 0) is 11.8 Å². The minimum absolute atomic E-state index is 0.0507. The van der Waals surface area contributed by atoms with Gasteiger partial charge in [-0.2, -0.15) is 0 Å². The van der Waals surface area contributed by atoms with E-state index in [1.54, 1.807) is 4.90 Å². The summed E-state index contributed by atoms with van der Waals surface area (Å²) in [6.07, 6.45) is 8.04. The number of allylic oxidation sites excluding steroid dienone is 2. The van der Waals surface area contributed by atoms with E-state index < -0.39 is 5.97 Å². The SMILES string of the molecule is C[n+]1ccc(C=C2C=CN(CC(=O)O)c3ccccc32)c2ccccc21. The Morgan fingerprint density at radius 2 is 1.88 bits per heavy atom. The van der Waals surface area contributed by atoms with Crippen LogP contribution in [0.4, 0.5) is 5.69 Å². The van der Waals surface area contributed by atoms with Crippen LogP contribution in [0.2, 0.25) is 0 Å². The highest BCUT2D eigenvalue weighted by Gasteiger charge is 2.18. The number of aliphatic carboxylic acids is 1. The van der Waals surface area contributed by atoms with E-state index in [9.17, 15) is 4.79 Å². The molecule has 0 saturated carbocycles. The Morgan fingerprint density at radius 3 is 2.73 bits per heavy atom. The van der Waals surface area contributed by atoms with Gasteiger partial charge >= 0.3 is 5.97 Å². The molecule has 4 rings (SSSR count). The van der Waals surface area contributed by atoms with Gasteiger partial charge in [0, 0.05) is 29.6 Å². The maximum absolute atomic E-state index is 11.1. The number of para-hydroxylation sites is 2. The number of hydrogen-bond donors (Lipinski definition) is 1. The zero-order chi connectivity index (χ0) is 18.1. The lowest BCUT2D eigenvalue weighted by Gasteiger charge is -2.26. The van der Waals surface area contributed by atoms with Gasteiger partial charge in [0.1, 0.15) is 13.6 Å². The van der Waals surface area contributed by atoms with Gasteiger partial charge in [0.15, 0.2) is 6.20 Å². The average molecular weight is 343 g/mol.